The van der Waals surface area contributed by atoms with Crippen LogP contribution < -0.4 is 14.4 Å². The highest BCUT2D eigenvalue weighted by molar-refractivity contribution is 7.92. The van der Waals surface area contributed by atoms with E-state index >= 15 is 0 Å². The van der Waals surface area contributed by atoms with E-state index in [9.17, 15) is 13.2 Å². The van der Waals surface area contributed by atoms with Crippen molar-refractivity contribution in [1.29, 1.82) is 0 Å². The van der Waals surface area contributed by atoms with Crippen LogP contribution in [0, 0.1) is 0 Å². The zero-order chi connectivity index (χ0) is 22.3. The largest absolute Gasteiger partial charge is 0.495 e. The first-order chi connectivity index (χ1) is 15.0. The number of nitrogens with one attached hydrogen (secondary N) is 1. The highest BCUT2D eigenvalue weighted by Gasteiger charge is 2.25. The second-order valence-corrected chi connectivity index (χ2v) is 8.46. The maximum absolute atomic E-state index is 13.3. The van der Waals surface area contributed by atoms with E-state index < -0.39 is 15.9 Å². The molecular formula is C24H24N2O4S. The van der Waals surface area contributed by atoms with E-state index in [-0.39, 0.29) is 17.1 Å². The van der Waals surface area contributed by atoms with Gasteiger partial charge in [0.15, 0.2) is 0 Å². The molecule has 3 aromatic rings. The Hall–Kier alpha value is -3.58. The van der Waals surface area contributed by atoms with Crippen molar-refractivity contribution in [1.82, 2.24) is 0 Å². The zero-order valence-electron chi connectivity index (χ0n) is 17.4. The van der Waals surface area contributed by atoms with Gasteiger partial charge in [-0.2, -0.15) is 0 Å². The van der Waals surface area contributed by atoms with Gasteiger partial charge in [-0.1, -0.05) is 48.5 Å². The number of carbonyl (C=O) groups is 1. The second-order valence-electron chi connectivity index (χ2n) is 6.60. The molecule has 0 aliphatic rings. The predicted octanol–water partition coefficient (Wildman–Crippen LogP) is 4.56. The van der Waals surface area contributed by atoms with Crippen LogP contribution in [0.15, 0.2) is 89.8 Å². The van der Waals surface area contributed by atoms with Crippen LogP contribution in [0.3, 0.4) is 0 Å². The number of hydrogen-bond donors (Lipinski definition) is 1. The molecule has 3 aromatic carbocycles. The van der Waals surface area contributed by atoms with Crippen molar-refractivity contribution in [2.45, 2.75) is 11.8 Å². The Morgan fingerprint density at radius 2 is 1.65 bits per heavy atom. The summed E-state index contributed by atoms with van der Waals surface area (Å²) in [5, 5.41) is 2.71. The standard InChI is InChI=1S/C24H24N2O4S/c1-3-26(20-12-8-5-9-13-20)31(28,29)21-15-16-23(30-2)22(18-21)25-24(27)17-14-19-10-6-4-7-11-19/h4-18H,3H2,1-2H3,(H,25,27)/b17-14+. The minimum absolute atomic E-state index is 0.0568. The monoisotopic (exact) mass is 436 g/mol. The Morgan fingerprint density at radius 3 is 2.26 bits per heavy atom. The molecule has 0 atom stereocenters. The van der Waals surface area contributed by atoms with Gasteiger partial charge >= 0.3 is 0 Å². The van der Waals surface area contributed by atoms with Gasteiger partial charge in [-0.3, -0.25) is 9.10 Å². The van der Waals surface area contributed by atoms with Crippen LogP contribution in [0.25, 0.3) is 6.08 Å². The average molecular weight is 437 g/mol. The van der Waals surface area contributed by atoms with Gasteiger partial charge in [0.1, 0.15) is 5.75 Å². The molecule has 0 fully saturated rings. The number of hydrogen-bond acceptors (Lipinski definition) is 4. The zero-order valence-corrected chi connectivity index (χ0v) is 18.2. The number of rotatable bonds is 8. The molecule has 1 amide bonds. The third kappa shape index (κ3) is 5.32. The van der Waals surface area contributed by atoms with E-state index in [1.807, 2.05) is 36.4 Å². The molecule has 1 N–H and O–H groups in total. The first-order valence-electron chi connectivity index (χ1n) is 9.75. The van der Waals surface area contributed by atoms with E-state index in [0.717, 1.165) is 5.56 Å². The van der Waals surface area contributed by atoms with Crippen molar-refractivity contribution in [2.75, 3.05) is 23.3 Å². The lowest BCUT2D eigenvalue weighted by Crippen LogP contribution is -2.30. The number of carbonyl (C=O) groups excluding carboxylic acids is 1. The maximum atomic E-state index is 13.3. The Bertz CT molecular complexity index is 1160. The number of anilines is 2. The number of methoxy groups -OCH3 is 1. The first-order valence-corrected chi connectivity index (χ1v) is 11.2. The molecule has 0 unspecified atom stereocenters. The lowest BCUT2D eigenvalue weighted by Gasteiger charge is -2.23. The molecule has 7 heteroatoms. The van der Waals surface area contributed by atoms with Gasteiger partial charge in [0, 0.05) is 12.6 Å². The van der Waals surface area contributed by atoms with Crippen molar-refractivity contribution in [3.8, 4) is 5.75 Å². The van der Waals surface area contributed by atoms with Crippen molar-refractivity contribution >= 4 is 33.4 Å². The summed E-state index contributed by atoms with van der Waals surface area (Å²) in [5.41, 5.74) is 1.72. The third-order valence-electron chi connectivity index (χ3n) is 4.57. The smallest absolute Gasteiger partial charge is 0.264 e. The van der Waals surface area contributed by atoms with Crippen molar-refractivity contribution in [3.63, 3.8) is 0 Å². The average Bonchev–Trinajstić information content (AvgIpc) is 2.79. The molecule has 0 aliphatic heterocycles. The predicted molar refractivity (Wildman–Crippen MR) is 124 cm³/mol. The van der Waals surface area contributed by atoms with Crippen LogP contribution in [-0.2, 0) is 14.8 Å². The molecule has 0 saturated heterocycles. The van der Waals surface area contributed by atoms with Crippen LogP contribution in [0.4, 0.5) is 11.4 Å². The SMILES string of the molecule is CCN(c1ccccc1)S(=O)(=O)c1ccc(OC)c(NC(=O)/C=C/c2ccccc2)c1. The maximum Gasteiger partial charge on any atom is 0.264 e. The lowest BCUT2D eigenvalue weighted by molar-refractivity contribution is -0.111. The van der Waals surface area contributed by atoms with Crippen LogP contribution in [0.2, 0.25) is 0 Å². The first kappa shape index (κ1) is 22.1. The van der Waals surface area contributed by atoms with Gasteiger partial charge in [0.25, 0.3) is 10.0 Å². The van der Waals surface area contributed by atoms with Gasteiger partial charge in [-0.25, -0.2) is 8.42 Å². The Kier molecular flexibility index (Phi) is 7.10. The fourth-order valence-corrected chi connectivity index (χ4v) is 4.57. The van der Waals surface area contributed by atoms with Gasteiger partial charge in [0.05, 0.1) is 23.4 Å². The summed E-state index contributed by atoms with van der Waals surface area (Å²) in [6, 6.07) is 22.7. The summed E-state index contributed by atoms with van der Waals surface area (Å²) in [4.78, 5) is 12.5. The van der Waals surface area contributed by atoms with Gasteiger partial charge in [0.2, 0.25) is 5.91 Å². The van der Waals surface area contributed by atoms with Crippen LogP contribution in [0.1, 0.15) is 12.5 Å². The van der Waals surface area contributed by atoms with E-state index in [2.05, 4.69) is 5.32 Å². The Labute approximate surface area is 182 Å². The molecule has 0 aliphatic carbocycles. The normalized spacial score (nSPS) is 11.3. The highest BCUT2D eigenvalue weighted by atomic mass is 32.2. The number of nitrogens with zero attached hydrogens (tertiary/aromatic N) is 1. The van der Waals surface area contributed by atoms with E-state index in [1.54, 1.807) is 37.3 Å². The van der Waals surface area contributed by atoms with Gasteiger partial charge < -0.3 is 10.1 Å². The third-order valence-corrected chi connectivity index (χ3v) is 6.47. The molecule has 6 nitrogen and oxygen atoms in total. The summed E-state index contributed by atoms with van der Waals surface area (Å²) in [7, 11) is -2.37. The van der Waals surface area contributed by atoms with Crippen molar-refractivity contribution in [3.05, 3.63) is 90.5 Å². The molecule has 0 bridgehead atoms. The van der Waals surface area contributed by atoms with Crippen LogP contribution >= 0.6 is 0 Å². The molecule has 31 heavy (non-hydrogen) atoms. The Morgan fingerprint density at radius 1 is 1.00 bits per heavy atom. The van der Waals surface area contributed by atoms with E-state index in [1.165, 1.54) is 35.7 Å². The summed E-state index contributed by atoms with van der Waals surface area (Å²) in [6.07, 6.45) is 3.06. The molecule has 160 valence electrons. The van der Waals surface area contributed by atoms with Crippen molar-refractivity contribution in [2.24, 2.45) is 0 Å². The molecule has 0 saturated carbocycles. The highest BCUT2D eigenvalue weighted by Crippen LogP contribution is 2.30. The quantitative estimate of drug-likeness (QED) is 0.525. The molecular weight excluding hydrogens is 412 g/mol. The van der Waals surface area contributed by atoms with Crippen LogP contribution in [-0.4, -0.2) is 28.0 Å². The fraction of sp³-hybridized carbons (Fsp3) is 0.125. The van der Waals surface area contributed by atoms with Gasteiger partial charge in [-0.05, 0) is 48.9 Å². The number of para-hydroxylation sites is 1. The number of ether oxygens (including phenoxy) is 1. The lowest BCUT2D eigenvalue weighted by atomic mass is 10.2. The summed E-state index contributed by atoms with van der Waals surface area (Å²) in [5.74, 6) is -0.0321. The minimum Gasteiger partial charge on any atom is -0.495 e. The second kappa shape index (κ2) is 9.95. The van der Waals surface area contributed by atoms with Gasteiger partial charge in [-0.15, -0.1) is 0 Å². The topological polar surface area (TPSA) is 75.7 Å². The number of amides is 1. The summed E-state index contributed by atoms with van der Waals surface area (Å²) >= 11 is 0. The fourth-order valence-electron chi connectivity index (χ4n) is 3.07. The molecule has 0 aromatic heterocycles. The Balaban J connectivity index is 1.89. The summed E-state index contributed by atoms with van der Waals surface area (Å²) in [6.45, 7) is 2.03. The minimum atomic E-state index is -3.83. The van der Waals surface area contributed by atoms with Crippen molar-refractivity contribution < 1.29 is 17.9 Å². The van der Waals surface area contributed by atoms with E-state index in [0.29, 0.717) is 11.4 Å². The van der Waals surface area contributed by atoms with E-state index in [4.69, 9.17) is 4.74 Å². The number of benzene rings is 3. The molecule has 0 heterocycles. The molecule has 3 rings (SSSR count). The molecule has 0 spiro atoms. The number of sulfonamides is 1. The summed E-state index contributed by atoms with van der Waals surface area (Å²) < 4.78 is 33.2. The van der Waals surface area contributed by atoms with Crippen LogP contribution in [0.5, 0.6) is 5.75 Å². The molecule has 0 radical (unpaired) electrons.